The average Bonchev–Trinajstić information content (AvgIpc) is 1.79. The van der Waals surface area contributed by atoms with Crippen molar-refractivity contribution in [2.75, 3.05) is 6.54 Å². The fraction of sp³-hybridized carbons (Fsp3) is 0.750. The van der Waals surface area contributed by atoms with Crippen molar-refractivity contribution in [2.24, 2.45) is 5.73 Å². The fourth-order valence-corrected chi connectivity index (χ4v) is 1.24. The van der Waals surface area contributed by atoms with Crippen LogP contribution in [-0.2, 0) is 14.9 Å². The lowest BCUT2D eigenvalue weighted by Gasteiger charge is -2.05. The Morgan fingerprint density at radius 1 is 1.55 bits per heavy atom. The smallest absolute Gasteiger partial charge is 0.324 e. The van der Waals surface area contributed by atoms with Gasteiger partial charge in [-0.05, 0) is 13.0 Å². The third kappa shape index (κ3) is 3.30. The normalized spacial score (nSPS) is 14.4. The van der Waals surface area contributed by atoms with E-state index in [0.717, 1.165) is 0 Å². The maximum Gasteiger partial charge on any atom is 0.324 e. The van der Waals surface area contributed by atoms with Gasteiger partial charge >= 0.3 is 5.97 Å². The molecular weight excluding hydrogens is 174 g/mol. The van der Waals surface area contributed by atoms with E-state index >= 15 is 0 Å². The Labute approximate surface area is 63.8 Å². The molecule has 0 aliphatic rings. The Hall–Kier alpha value is -0.660. The van der Waals surface area contributed by atoms with Crippen molar-refractivity contribution < 1.29 is 22.9 Å². The Kier molecular flexibility index (Phi) is 3.43. The fourth-order valence-electron chi connectivity index (χ4n) is 0.551. The molecule has 6 nitrogen and oxygen atoms in total. The highest BCUT2D eigenvalue weighted by Crippen LogP contribution is 2.02. The number of carbonyl (C=O) groups is 1. The summed E-state index contributed by atoms with van der Waals surface area (Å²) in [5, 5.41) is 6.45. The number of rotatable bonds is 4. The van der Waals surface area contributed by atoms with Crippen LogP contribution in [0.25, 0.3) is 0 Å². The predicted octanol–water partition coefficient (Wildman–Crippen LogP) is -1.32. The molecule has 0 fully saturated rings. The van der Waals surface area contributed by atoms with Crippen LogP contribution in [-0.4, -0.2) is 35.8 Å². The molecule has 4 N–H and O–H groups in total. The summed E-state index contributed by atoms with van der Waals surface area (Å²) in [4.78, 5) is 10.1. The molecule has 0 rings (SSSR count). The van der Waals surface area contributed by atoms with Crippen molar-refractivity contribution in [1.82, 2.24) is 0 Å². The lowest BCUT2D eigenvalue weighted by molar-refractivity contribution is -0.136. The molecule has 0 spiro atoms. The van der Waals surface area contributed by atoms with Gasteiger partial charge in [0.2, 0.25) is 0 Å². The first kappa shape index (κ1) is 10.3. The van der Waals surface area contributed by atoms with Crippen molar-refractivity contribution in [3.63, 3.8) is 0 Å². The van der Waals surface area contributed by atoms with E-state index in [1.165, 1.54) is 0 Å². The number of hydrogen-bond donors (Lipinski definition) is 3. The standard InChI is InChI=1S/C4H9NO5S/c5-2-1-3(4(6)7)11(8,9)10/h3H,1-2,5H2,(H,6,7)(H,8,9,10). The van der Waals surface area contributed by atoms with Crippen molar-refractivity contribution in [3.8, 4) is 0 Å². The van der Waals surface area contributed by atoms with Gasteiger partial charge in [0.15, 0.2) is 5.25 Å². The lowest BCUT2D eigenvalue weighted by atomic mass is 10.3. The van der Waals surface area contributed by atoms with Gasteiger partial charge in [0.05, 0.1) is 0 Å². The van der Waals surface area contributed by atoms with Gasteiger partial charge in [0.1, 0.15) is 0 Å². The molecule has 0 radical (unpaired) electrons. The highest BCUT2D eigenvalue weighted by atomic mass is 32.2. The van der Waals surface area contributed by atoms with Crippen LogP contribution in [0.1, 0.15) is 6.42 Å². The largest absolute Gasteiger partial charge is 0.480 e. The average molecular weight is 183 g/mol. The minimum absolute atomic E-state index is 0.100. The zero-order valence-electron chi connectivity index (χ0n) is 5.60. The Morgan fingerprint density at radius 3 is 2.09 bits per heavy atom. The summed E-state index contributed by atoms with van der Waals surface area (Å²) in [6.45, 7) is -0.100. The molecule has 11 heavy (non-hydrogen) atoms. The topological polar surface area (TPSA) is 118 Å². The second-order valence-corrected chi connectivity index (χ2v) is 3.52. The van der Waals surface area contributed by atoms with E-state index in [2.05, 4.69) is 0 Å². The molecule has 1 unspecified atom stereocenters. The van der Waals surface area contributed by atoms with Crippen LogP contribution in [0, 0.1) is 0 Å². The van der Waals surface area contributed by atoms with E-state index in [1.54, 1.807) is 0 Å². The first-order valence-corrected chi connectivity index (χ1v) is 4.29. The number of nitrogens with two attached hydrogens (primary N) is 1. The van der Waals surface area contributed by atoms with Crippen LogP contribution in [0.4, 0.5) is 0 Å². The Morgan fingerprint density at radius 2 is 2.00 bits per heavy atom. The molecule has 0 aromatic heterocycles. The monoisotopic (exact) mass is 183 g/mol. The van der Waals surface area contributed by atoms with Gasteiger partial charge in [-0.3, -0.25) is 9.35 Å². The van der Waals surface area contributed by atoms with E-state index in [1.807, 2.05) is 0 Å². The summed E-state index contributed by atoms with van der Waals surface area (Å²) in [6.07, 6.45) is -0.284. The molecule has 0 heterocycles. The predicted molar refractivity (Wildman–Crippen MR) is 36.6 cm³/mol. The van der Waals surface area contributed by atoms with Crippen LogP contribution >= 0.6 is 0 Å². The van der Waals surface area contributed by atoms with Gasteiger partial charge in [-0.2, -0.15) is 8.42 Å². The molecule has 66 valence electrons. The third-order valence-corrected chi connectivity index (χ3v) is 2.22. The van der Waals surface area contributed by atoms with Crippen LogP contribution in [0.3, 0.4) is 0 Å². The van der Waals surface area contributed by atoms with E-state index < -0.39 is 21.3 Å². The molecule has 0 aromatic rings. The lowest BCUT2D eigenvalue weighted by Crippen LogP contribution is -2.31. The van der Waals surface area contributed by atoms with Crippen LogP contribution in [0.2, 0.25) is 0 Å². The summed E-state index contributed by atoms with van der Waals surface area (Å²) in [7, 11) is -4.51. The summed E-state index contributed by atoms with van der Waals surface area (Å²) in [5.41, 5.74) is 4.92. The molecule has 1 atom stereocenters. The van der Waals surface area contributed by atoms with Crippen LogP contribution in [0.5, 0.6) is 0 Å². The van der Waals surface area contributed by atoms with Gasteiger partial charge in [-0.1, -0.05) is 0 Å². The summed E-state index contributed by atoms with van der Waals surface area (Å²) >= 11 is 0. The van der Waals surface area contributed by atoms with Gasteiger partial charge in [0, 0.05) is 0 Å². The molecule has 7 heteroatoms. The molecule has 0 saturated carbocycles. The first-order chi connectivity index (χ1) is 4.89. The van der Waals surface area contributed by atoms with Crippen molar-refractivity contribution in [3.05, 3.63) is 0 Å². The molecule has 0 bridgehead atoms. The molecular formula is C4H9NO5S. The molecule has 0 aliphatic heterocycles. The molecule has 0 amide bonds. The highest BCUT2D eigenvalue weighted by molar-refractivity contribution is 7.87. The van der Waals surface area contributed by atoms with Crippen LogP contribution in [0.15, 0.2) is 0 Å². The van der Waals surface area contributed by atoms with Crippen LogP contribution < -0.4 is 5.73 Å². The second kappa shape index (κ2) is 3.65. The van der Waals surface area contributed by atoms with E-state index in [9.17, 15) is 13.2 Å². The Bertz CT molecular complexity index is 233. The third-order valence-electron chi connectivity index (χ3n) is 1.06. The number of aliphatic carboxylic acids is 1. The van der Waals surface area contributed by atoms with Gasteiger partial charge in [0.25, 0.3) is 10.1 Å². The second-order valence-electron chi connectivity index (χ2n) is 1.92. The Balaban J connectivity index is 4.49. The summed E-state index contributed by atoms with van der Waals surface area (Å²) in [6, 6.07) is 0. The van der Waals surface area contributed by atoms with E-state index in [-0.39, 0.29) is 13.0 Å². The molecule has 0 saturated heterocycles. The van der Waals surface area contributed by atoms with Gasteiger partial charge < -0.3 is 10.8 Å². The summed E-state index contributed by atoms with van der Waals surface area (Å²) < 4.78 is 28.9. The SMILES string of the molecule is NCCC(C(=O)O)S(=O)(=O)O. The quantitative estimate of drug-likeness (QED) is 0.465. The summed E-state index contributed by atoms with van der Waals surface area (Å²) in [5.74, 6) is -1.59. The van der Waals surface area contributed by atoms with Crippen molar-refractivity contribution >= 4 is 16.1 Å². The molecule has 0 aliphatic carbocycles. The number of hydrogen-bond acceptors (Lipinski definition) is 4. The number of carboxylic acid groups (broad SMARTS) is 1. The van der Waals surface area contributed by atoms with Crippen molar-refractivity contribution in [1.29, 1.82) is 0 Å². The minimum Gasteiger partial charge on any atom is -0.480 e. The zero-order chi connectivity index (χ0) is 9.07. The maximum atomic E-state index is 10.3. The van der Waals surface area contributed by atoms with Gasteiger partial charge in [-0.25, -0.2) is 0 Å². The first-order valence-electron chi connectivity index (χ1n) is 2.78. The minimum atomic E-state index is -4.51. The van der Waals surface area contributed by atoms with Crippen molar-refractivity contribution in [2.45, 2.75) is 11.7 Å². The molecule has 0 aromatic carbocycles. The van der Waals surface area contributed by atoms with E-state index in [0.29, 0.717) is 0 Å². The van der Waals surface area contributed by atoms with Gasteiger partial charge in [-0.15, -0.1) is 0 Å². The highest BCUT2D eigenvalue weighted by Gasteiger charge is 2.29. The van der Waals surface area contributed by atoms with E-state index in [4.69, 9.17) is 15.4 Å². The maximum absolute atomic E-state index is 10.3. The number of carboxylic acids is 1. The zero-order valence-corrected chi connectivity index (χ0v) is 6.41.